The number of alkyl halides is 2. The van der Waals surface area contributed by atoms with Crippen molar-refractivity contribution in [2.45, 2.75) is 70.8 Å². The molecule has 36 heavy (non-hydrogen) atoms. The topological polar surface area (TPSA) is 89.5 Å². The highest BCUT2D eigenvalue weighted by molar-refractivity contribution is 7.13. The van der Waals surface area contributed by atoms with Crippen molar-refractivity contribution in [3.8, 4) is 11.1 Å². The molecule has 1 aliphatic carbocycles. The number of halogens is 2. The predicted molar refractivity (Wildman–Crippen MR) is 133 cm³/mol. The van der Waals surface area contributed by atoms with Crippen LogP contribution < -0.4 is 14.8 Å². The van der Waals surface area contributed by atoms with Crippen molar-refractivity contribution in [3.05, 3.63) is 28.7 Å². The molecule has 1 aliphatic heterocycles. The molecule has 4 rings (SSSR count). The average molecular weight is 524 g/mol. The number of thiazole rings is 1. The maximum Gasteiger partial charge on any atom is 0.278 e. The molecular formula is C25H35F2N5O3S. The Morgan fingerprint density at radius 3 is 2.67 bits per heavy atom. The van der Waals surface area contributed by atoms with Gasteiger partial charge in [0, 0.05) is 37.4 Å². The lowest BCUT2D eigenvalue weighted by Crippen LogP contribution is -2.40. The van der Waals surface area contributed by atoms with Gasteiger partial charge in [0.15, 0.2) is 13.2 Å². The van der Waals surface area contributed by atoms with E-state index in [-0.39, 0.29) is 18.6 Å². The number of aryl methyl sites for hydroxylation is 1. The third-order valence-corrected chi connectivity index (χ3v) is 7.77. The molecule has 0 atom stereocenters. The Morgan fingerprint density at radius 1 is 1.17 bits per heavy atom. The maximum absolute atomic E-state index is 13.0. The minimum atomic E-state index is -2.85. The zero-order valence-electron chi connectivity index (χ0n) is 21.0. The van der Waals surface area contributed by atoms with Gasteiger partial charge in [0.2, 0.25) is 5.88 Å². The molecule has 0 bridgehead atoms. The highest BCUT2D eigenvalue weighted by Crippen LogP contribution is 2.30. The van der Waals surface area contributed by atoms with Gasteiger partial charge in [-0.05, 0) is 57.9 Å². The minimum absolute atomic E-state index is 0.0499. The Morgan fingerprint density at radius 2 is 1.94 bits per heavy atom. The van der Waals surface area contributed by atoms with Gasteiger partial charge in [-0.15, -0.1) is 0 Å². The first-order chi connectivity index (χ1) is 17.2. The number of aromatic nitrogens is 3. The third kappa shape index (κ3) is 8.33. The standard InChI is InChI=1S/C25H35F2N5O3S/c1-17-13-29-23(14-28-17)34-15-22(33)30-19-5-3-18(4-6-19)7-10-32-11-8-20-21(9-12-32)36-24(31-20)35-16-25(2,26)27/h13-14,18-19H,3-12,15-16H2,1-2H3,(H,30,33)/t18-,19-. The summed E-state index contributed by atoms with van der Waals surface area (Å²) in [6.45, 7) is 4.95. The lowest BCUT2D eigenvalue weighted by molar-refractivity contribution is -0.124. The molecule has 2 aromatic heterocycles. The van der Waals surface area contributed by atoms with E-state index >= 15 is 0 Å². The Labute approximate surface area is 214 Å². The number of nitrogens with zero attached hydrogens (tertiary/aromatic N) is 4. The molecule has 1 saturated carbocycles. The summed E-state index contributed by atoms with van der Waals surface area (Å²) in [6.07, 6.45) is 10.2. The Balaban J connectivity index is 1.11. The number of ether oxygens (including phenoxy) is 2. The Kier molecular flexibility index (Phi) is 9.05. The predicted octanol–water partition coefficient (Wildman–Crippen LogP) is 3.82. The van der Waals surface area contributed by atoms with Crippen LogP contribution in [0.3, 0.4) is 0 Å². The second-order valence-corrected chi connectivity index (χ2v) is 11.0. The molecule has 3 heterocycles. The van der Waals surface area contributed by atoms with Crippen molar-refractivity contribution in [3.63, 3.8) is 0 Å². The van der Waals surface area contributed by atoms with Gasteiger partial charge < -0.3 is 19.7 Å². The number of carbonyl (C=O) groups is 1. The molecule has 2 aromatic rings. The largest absolute Gasteiger partial charge is 0.466 e. The van der Waals surface area contributed by atoms with Gasteiger partial charge in [-0.3, -0.25) is 9.78 Å². The molecule has 0 saturated heterocycles. The number of carbonyl (C=O) groups excluding carboxylic acids is 1. The summed E-state index contributed by atoms with van der Waals surface area (Å²) in [5.74, 6) is -1.95. The van der Waals surface area contributed by atoms with Crippen LogP contribution in [0.5, 0.6) is 11.1 Å². The second kappa shape index (κ2) is 12.2. The SMILES string of the molecule is Cc1cnc(OCC(=O)N[C@H]2CC[C@H](CCN3CCc4nc(OCC(C)(F)F)sc4CC3)CC2)cn1. The van der Waals surface area contributed by atoms with Crippen molar-refractivity contribution in [1.29, 1.82) is 0 Å². The van der Waals surface area contributed by atoms with E-state index < -0.39 is 12.5 Å². The summed E-state index contributed by atoms with van der Waals surface area (Å²) in [5.41, 5.74) is 1.79. The number of rotatable bonds is 10. The fourth-order valence-electron chi connectivity index (χ4n) is 4.68. The average Bonchev–Trinajstić information content (AvgIpc) is 3.15. The smallest absolute Gasteiger partial charge is 0.278 e. The van der Waals surface area contributed by atoms with E-state index in [1.54, 1.807) is 6.20 Å². The Hall–Kier alpha value is -2.40. The maximum atomic E-state index is 13.0. The molecule has 11 heteroatoms. The van der Waals surface area contributed by atoms with Gasteiger partial charge in [-0.25, -0.2) is 18.7 Å². The molecule has 1 N–H and O–H groups in total. The van der Waals surface area contributed by atoms with Crippen molar-refractivity contribution in [2.75, 3.05) is 32.8 Å². The van der Waals surface area contributed by atoms with Crippen LogP contribution in [0.2, 0.25) is 0 Å². The van der Waals surface area contributed by atoms with Crippen molar-refractivity contribution in [1.82, 2.24) is 25.2 Å². The molecular weight excluding hydrogens is 488 g/mol. The van der Waals surface area contributed by atoms with Gasteiger partial charge in [0.25, 0.3) is 17.0 Å². The quantitative estimate of drug-likeness (QED) is 0.506. The molecule has 1 amide bonds. The highest BCUT2D eigenvalue weighted by atomic mass is 32.1. The second-order valence-electron chi connectivity index (χ2n) is 9.91. The lowest BCUT2D eigenvalue weighted by Gasteiger charge is -2.30. The van der Waals surface area contributed by atoms with E-state index in [0.717, 1.165) is 87.8 Å². The molecule has 1 fully saturated rings. The van der Waals surface area contributed by atoms with Gasteiger partial charge in [-0.2, -0.15) is 0 Å². The van der Waals surface area contributed by atoms with Crippen LogP contribution in [-0.2, 0) is 17.6 Å². The van der Waals surface area contributed by atoms with Crippen LogP contribution in [0.4, 0.5) is 8.78 Å². The van der Waals surface area contributed by atoms with Gasteiger partial charge >= 0.3 is 0 Å². The summed E-state index contributed by atoms with van der Waals surface area (Å²) >= 11 is 1.40. The van der Waals surface area contributed by atoms with Gasteiger partial charge in [-0.1, -0.05) is 11.3 Å². The number of fused-ring (bicyclic) bond motifs is 1. The first-order valence-electron chi connectivity index (χ1n) is 12.7. The highest BCUT2D eigenvalue weighted by Gasteiger charge is 2.26. The molecule has 198 valence electrons. The van der Waals surface area contributed by atoms with E-state index in [2.05, 4.69) is 25.2 Å². The van der Waals surface area contributed by atoms with Crippen molar-refractivity contribution < 1.29 is 23.0 Å². The van der Waals surface area contributed by atoms with E-state index in [1.807, 2.05) is 6.92 Å². The van der Waals surface area contributed by atoms with Crippen LogP contribution >= 0.6 is 11.3 Å². The summed E-state index contributed by atoms with van der Waals surface area (Å²) in [7, 11) is 0. The fourth-order valence-corrected chi connectivity index (χ4v) is 5.63. The van der Waals surface area contributed by atoms with Gasteiger partial charge in [0.05, 0.1) is 23.8 Å². The molecule has 8 nitrogen and oxygen atoms in total. The van der Waals surface area contributed by atoms with Crippen LogP contribution in [-0.4, -0.2) is 70.6 Å². The minimum Gasteiger partial charge on any atom is -0.466 e. The summed E-state index contributed by atoms with van der Waals surface area (Å²) in [6, 6.07) is 0.200. The zero-order chi connectivity index (χ0) is 25.5. The van der Waals surface area contributed by atoms with Crippen molar-refractivity contribution >= 4 is 17.2 Å². The fraction of sp³-hybridized carbons (Fsp3) is 0.680. The van der Waals surface area contributed by atoms with E-state index in [0.29, 0.717) is 17.0 Å². The molecule has 0 spiro atoms. The number of nitrogens with one attached hydrogen (secondary N) is 1. The van der Waals surface area contributed by atoms with Crippen LogP contribution in [0.1, 0.15) is 55.3 Å². The molecule has 0 aromatic carbocycles. The molecule has 0 radical (unpaired) electrons. The monoisotopic (exact) mass is 523 g/mol. The zero-order valence-corrected chi connectivity index (χ0v) is 21.8. The Bertz CT molecular complexity index is 965. The molecule has 0 unspecified atom stereocenters. The van der Waals surface area contributed by atoms with Crippen LogP contribution in [0, 0.1) is 12.8 Å². The number of hydrogen-bond acceptors (Lipinski definition) is 8. The molecule has 2 aliphatic rings. The van der Waals surface area contributed by atoms with E-state index in [9.17, 15) is 13.6 Å². The number of hydrogen-bond donors (Lipinski definition) is 1. The van der Waals surface area contributed by atoms with Gasteiger partial charge in [0.1, 0.15) is 0 Å². The third-order valence-electron chi connectivity index (χ3n) is 6.70. The van der Waals surface area contributed by atoms with Crippen molar-refractivity contribution in [2.24, 2.45) is 5.92 Å². The summed E-state index contributed by atoms with van der Waals surface area (Å²) in [5, 5.41) is 3.44. The first kappa shape index (κ1) is 26.7. The first-order valence-corrected chi connectivity index (χ1v) is 13.5. The lowest BCUT2D eigenvalue weighted by atomic mass is 9.84. The normalized spacial score (nSPS) is 20.9. The van der Waals surface area contributed by atoms with E-state index in [4.69, 9.17) is 9.47 Å². The van der Waals surface area contributed by atoms with Crippen LogP contribution in [0.15, 0.2) is 12.4 Å². The van der Waals surface area contributed by atoms with Crippen LogP contribution in [0.25, 0.3) is 0 Å². The summed E-state index contributed by atoms with van der Waals surface area (Å²) < 4.78 is 36.7. The summed E-state index contributed by atoms with van der Waals surface area (Å²) in [4.78, 5) is 28.5. The number of amides is 1. The van der Waals surface area contributed by atoms with E-state index in [1.165, 1.54) is 17.5 Å².